The Morgan fingerprint density at radius 1 is 1.10 bits per heavy atom. The number of ketones is 1. The molecule has 3 aromatic rings. The first-order valence-corrected chi connectivity index (χ1v) is 9.58. The molecule has 7 heteroatoms. The van der Waals surface area contributed by atoms with Crippen molar-refractivity contribution in [1.29, 1.82) is 0 Å². The first-order chi connectivity index (χ1) is 14.5. The zero-order valence-electron chi connectivity index (χ0n) is 16.0. The van der Waals surface area contributed by atoms with E-state index >= 15 is 0 Å². The van der Waals surface area contributed by atoms with Gasteiger partial charge in [-0.3, -0.25) is 9.59 Å². The molecule has 0 saturated carbocycles. The van der Waals surface area contributed by atoms with Gasteiger partial charge in [0.25, 0.3) is 11.7 Å². The van der Waals surface area contributed by atoms with Crippen molar-refractivity contribution in [2.75, 3.05) is 7.11 Å². The number of halogens is 1. The minimum Gasteiger partial charge on any atom is -0.507 e. The molecule has 0 spiro atoms. The fourth-order valence-corrected chi connectivity index (χ4v) is 3.64. The van der Waals surface area contributed by atoms with E-state index in [0.717, 1.165) is 0 Å². The highest BCUT2D eigenvalue weighted by Gasteiger charge is 2.46. The number of carbonyl (C=O) groups is 2. The molecule has 0 aliphatic carbocycles. The van der Waals surface area contributed by atoms with Crippen LogP contribution in [0, 0.1) is 0 Å². The summed E-state index contributed by atoms with van der Waals surface area (Å²) in [5.74, 6) is -0.549. The number of hydrogen-bond acceptors (Lipinski definition) is 5. The highest BCUT2D eigenvalue weighted by molar-refractivity contribution is 6.46. The molecule has 152 valence electrons. The molecular formula is C23H18ClNO5. The molecule has 2 aromatic carbocycles. The second-order valence-electron chi connectivity index (χ2n) is 6.79. The number of benzene rings is 2. The maximum absolute atomic E-state index is 12.9. The Hall–Kier alpha value is -3.51. The van der Waals surface area contributed by atoms with Crippen molar-refractivity contribution in [3.63, 3.8) is 0 Å². The second kappa shape index (κ2) is 8.08. The van der Waals surface area contributed by atoms with Crippen molar-refractivity contribution >= 4 is 29.1 Å². The number of aliphatic hydroxyl groups is 1. The lowest BCUT2D eigenvalue weighted by molar-refractivity contribution is -0.140. The maximum Gasteiger partial charge on any atom is 0.296 e. The molecule has 1 aliphatic rings. The lowest BCUT2D eigenvalue weighted by Gasteiger charge is -2.24. The van der Waals surface area contributed by atoms with E-state index in [9.17, 15) is 14.7 Å². The van der Waals surface area contributed by atoms with Crippen molar-refractivity contribution in [2.45, 2.75) is 12.6 Å². The van der Waals surface area contributed by atoms with E-state index in [1.54, 1.807) is 67.8 Å². The number of amides is 1. The van der Waals surface area contributed by atoms with Crippen LogP contribution in [0.2, 0.25) is 5.02 Å². The largest absolute Gasteiger partial charge is 0.507 e. The first-order valence-electron chi connectivity index (χ1n) is 9.20. The van der Waals surface area contributed by atoms with Gasteiger partial charge in [0, 0.05) is 10.6 Å². The summed E-state index contributed by atoms with van der Waals surface area (Å²) < 4.78 is 10.6. The smallest absolute Gasteiger partial charge is 0.296 e. The van der Waals surface area contributed by atoms with Gasteiger partial charge in [-0.05, 0) is 54.1 Å². The van der Waals surface area contributed by atoms with Crippen LogP contribution in [0.5, 0.6) is 5.75 Å². The minimum atomic E-state index is -0.781. The van der Waals surface area contributed by atoms with Crippen molar-refractivity contribution in [2.24, 2.45) is 0 Å². The molecule has 30 heavy (non-hydrogen) atoms. The monoisotopic (exact) mass is 423 g/mol. The number of methoxy groups -OCH3 is 1. The normalized spacial score (nSPS) is 18.1. The van der Waals surface area contributed by atoms with Gasteiger partial charge < -0.3 is 19.2 Å². The van der Waals surface area contributed by atoms with E-state index in [0.29, 0.717) is 27.7 Å². The molecule has 1 atom stereocenters. The molecule has 0 bridgehead atoms. The second-order valence-corrected chi connectivity index (χ2v) is 7.22. The Kier molecular flexibility index (Phi) is 5.33. The summed E-state index contributed by atoms with van der Waals surface area (Å²) in [4.78, 5) is 27.2. The Bertz CT molecular complexity index is 1100. The molecule has 2 heterocycles. The van der Waals surface area contributed by atoms with E-state index in [-0.39, 0.29) is 17.9 Å². The highest BCUT2D eigenvalue weighted by atomic mass is 35.5. The van der Waals surface area contributed by atoms with Crippen LogP contribution in [0.4, 0.5) is 0 Å². The van der Waals surface area contributed by atoms with Crippen LogP contribution in [-0.4, -0.2) is 28.8 Å². The third-order valence-electron chi connectivity index (χ3n) is 5.00. The first kappa shape index (κ1) is 19.8. The van der Waals surface area contributed by atoms with Gasteiger partial charge in [-0.25, -0.2) is 0 Å². The van der Waals surface area contributed by atoms with Crippen LogP contribution in [0.15, 0.2) is 76.9 Å². The minimum absolute atomic E-state index is 0.0130. The van der Waals surface area contributed by atoms with Gasteiger partial charge in [0.05, 0.1) is 31.5 Å². The number of aliphatic hydroxyl groups excluding tert-OH is 1. The van der Waals surface area contributed by atoms with E-state index in [2.05, 4.69) is 0 Å². The standard InChI is InChI=1S/C23H18ClNO5/c1-29-17-10-6-14(7-11-17)20-19(21(26)15-4-8-16(24)9-5-15)22(27)23(28)25(20)13-18-3-2-12-30-18/h2-12,20,26H,13H2,1H3/b21-19+/t20-/m1/s1. The summed E-state index contributed by atoms with van der Waals surface area (Å²) in [6.45, 7) is 0.0890. The van der Waals surface area contributed by atoms with Gasteiger partial charge in [-0.15, -0.1) is 0 Å². The molecule has 4 rings (SSSR count). The average molecular weight is 424 g/mol. The Balaban J connectivity index is 1.85. The van der Waals surface area contributed by atoms with Crippen LogP contribution in [-0.2, 0) is 16.1 Å². The molecule has 1 aliphatic heterocycles. The zero-order valence-corrected chi connectivity index (χ0v) is 16.8. The van der Waals surface area contributed by atoms with Gasteiger partial charge in [0.1, 0.15) is 17.3 Å². The molecule has 1 aromatic heterocycles. The predicted octanol–water partition coefficient (Wildman–Crippen LogP) is 4.56. The number of nitrogens with zero attached hydrogens (tertiary/aromatic N) is 1. The Labute approximate surface area is 177 Å². The molecule has 6 nitrogen and oxygen atoms in total. The van der Waals surface area contributed by atoms with Crippen molar-refractivity contribution < 1.29 is 23.8 Å². The van der Waals surface area contributed by atoms with Gasteiger partial charge in [0.2, 0.25) is 0 Å². The molecule has 0 radical (unpaired) electrons. The fraction of sp³-hybridized carbons (Fsp3) is 0.130. The van der Waals surface area contributed by atoms with Crippen molar-refractivity contribution in [1.82, 2.24) is 4.90 Å². The van der Waals surface area contributed by atoms with Gasteiger partial charge in [-0.2, -0.15) is 0 Å². The van der Waals surface area contributed by atoms with E-state index < -0.39 is 17.7 Å². The van der Waals surface area contributed by atoms with E-state index in [4.69, 9.17) is 20.8 Å². The number of carbonyl (C=O) groups excluding carboxylic acids is 2. The Morgan fingerprint density at radius 2 is 1.80 bits per heavy atom. The van der Waals surface area contributed by atoms with Crippen LogP contribution in [0.3, 0.4) is 0 Å². The summed E-state index contributed by atoms with van der Waals surface area (Å²) in [5, 5.41) is 11.5. The quantitative estimate of drug-likeness (QED) is 0.369. The maximum atomic E-state index is 12.9. The lowest BCUT2D eigenvalue weighted by atomic mass is 9.95. The molecule has 1 amide bonds. The van der Waals surface area contributed by atoms with E-state index in [1.807, 2.05) is 0 Å². The number of Topliss-reactive ketones (excluding diaryl/α,β-unsaturated/α-hetero) is 1. The number of hydrogen-bond donors (Lipinski definition) is 1. The molecule has 0 unspecified atom stereocenters. The highest BCUT2D eigenvalue weighted by Crippen LogP contribution is 2.40. The molecule has 1 fully saturated rings. The molecule has 1 N–H and O–H groups in total. The van der Waals surface area contributed by atoms with Crippen LogP contribution < -0.4 is 4.74 Å². The molecular weight excluding hydrogens is 406 g/mol. The summed E-state index contributed by atoms with van der Waals surface area (Å²) in [6, 6.07) is 16.1. The van der Waals surface area contributed by atoms with Crippen LogP contribution in [0.25, 0.3) is 5.76 Å². The number of ether oxygens (including phenoxy) is 1. The summed E-state index contributed by atoms with van der Waals surface area (Å²) in [7, 11) is 1.55. The van der Waals surface area contributed by atoms with Gasteiger partial charge in [0.15, 0.2) is 0 Å². The van der Waals surface area contributed by atoms with Crippen molar-refractivity contribution in [3.05, 3.63) is 94.4 Å². The summed E-state index contributed by atoms with van der Waals surface area (Å²) in [6.07, 6.45) is 1.50. The number of likely N-dealkylation sites (tertiary alicyclic amines) is 1. The zero-order chi connectivity index (χ0) is 21.3. The number of rotatable bonds is 5. The van der Waals surface area contributed by atoms with E-state index in [1.165, 1.54) is 11.2 Å². The third-order valence-corrected chi connectivity index (χ3v) is 5.25. The third kappa shape index (κ3) is 3.57. The lowest BCUT2D eigenvalue weighted by Crippen LogP contribution is -2.29. The van der Waals surface area contributed by atoms with Crippen molar-refractivity contribution in [3.8, 4) is 5.75 Å². The van der Waals surface area contributed by atoms with Crippen LogP contribution in [0.1, 0.15) is 22.9 Å². The average Bonchev–Trinajstić information content (AvgIpc) is 3.36. The summed E-state index contributed by atoms with van der Waals surface area (Å²) in [5.41, 5.74) is 1.07. The summed E-state index contributed by atoms with van der Waals surface area (Å²) >= 11 is 5.93. The molecule has 1 saturated heterocycles. The number of furan rings is 1. The topological polar surface area (TPSA) is 80.0 Å². The van der Waals surface area contributed by atoms with Crippen LogP contribution >= 0.6 is 11.6 Å². The predicted molar refractivity (Wildman–Crippen MR) is 111 cm³/mol. The van der Waals surface area contributed by atoms with Gasteiger partial charge in [-0.1, -0.05) is 23.7 Å². The fourth-order valence-electron chi connectivity index (χ4n) is 3.51. The Morgan fingerprint density at radius 3 is 2.40 bits per heavy atom. The van der Waals surface area contributed by atoms with Gasteiger partial charge >= 0.3 is 0 Å². The SMILES string of the molecule is COc1ccc([C@@H]2/C(=C(\O)c3ccc(Cl)cc3)C(=O)C(=O)N2Cc2ccco2)cc1.